The molecule has 1 rings (SSSR count). The van der Waals surface area contributed by atoms with E-state index < -0.39 is 0 Å². The minimum absolute atomic E-state index is 0.860. The van der Waals surface area contributed by atoms with E-state index in [0.29, 0.717) is 0 Å². The van der Waals surface area contributed by atoms with Gasteiger partial charge in [0.2, 0.25) is 0 Å². The highest BCUT2D eigenvalue weighted by atomic mass is 79.9. The van der Waals surface area contributed by atoms with E-state index in [1.54, 1.807) is 0 Å². The lowest BCUT2D eigenvalue weighted by Crippen LogP contribution is -2.13. The third kappa shape index (κ3) is 4.91. The van der Waals surface area contributed by atoms with Crippen LogP contribution in [0.3, 0.4) is 0 Å². The van der Waals surface area contributed by atoms with Crippen LogP contribution < -0.4 is 5.73 Å². The molecule has 0 fully saturated rings. The van der Waals surface area contributed by atoms with Crippen LogP contribution in [-0.4, -0.2) is 31.3 Å². The predicted octanol–water partition coefficient (Wildman–Crippen LogP) is 3.08. The molecular weight excluding hydrogens is 272 g/mol. The third-order valence-electron chi connectivity index (χ3n) is 1.98. The Morgan fingerprint density at radius 1 is 1.40 bits per heavy atom. The molecule has 0 aliphatic carbocycles. The first-order chi connectivity index (χ1) is 7.09. The summed E-state index contributed by atoms with van der Waals surface area (Å²) < 4.78 is 1.04. The van der Waals surface area contributed by atoms with Gasteiger partial charge in [-0.3, -0.25) is 0 Å². The van der Waals surface area contributed by atoms with Crippen molar-refractivity contribution >= 4 is 33.4 Å². The molecule has 2 nitrogen and oxygen atoms in total. The molecule has 0 saturated carbocycles. The Labute approximate surface area is 104 Å². The molecule has 2 N–H and O–H groups in total. The number of hydrogen-bond donors (Lipinski definition) is 1. The molecule has 0 spiro atoms. The summed E-state index contributed by atoms with van der Waals surface area (Å²) in [5, 5.41) is 0. The molecule has 1 aromatic carbocycles. The Hall–Kier alpha value is -0.190. The van der Waals surface area contributed by atoms with Gasteiger partial charge in [-0.25, -0.2) is 0 Å². The van der Waals surface area contributed by atoms with Crippen LogP contribution in [0.1, 0.15) is 6.42 Å². The number of nitrogens with zero attached hydrogens (tertiary/aromatic N) is 1. The number of halogens is 1. The average Bonchev–Trinajstić information content (AvgIpc) is 2.14. The van der Waals surface area contributed by atoms with Crippen molar-refractivity contribution in [2.24, 2.45) is 0 Å². The second kappa shape index (κ2) is 6.40. The van der Waals surface area contributed by atoms with Gasteiger partial charge in [0.1, 0.15) is 0 Å². The molecule has 0 radical (unpaired) electrons. The van der Waals surface area contributed by atoms with Gasteiger partial charge in [0, 0.05) is 15.1 Å². The fourth-order valence-corrected chi connectivity index (χ4v) is 2.48. The number of nitrogen functional groups attached to an aromatic ring is 1. The largest absolute Gasteiger partial charge is 0.398 e. The summed E-state index contributed by atoms with van der Waals surface area (Å²) >= 11 is 5.23. The lowest BCUT2D eigenvalue weighted by atomic mass is 10.3. The molecule has 0 aliphatic heterocycles. The van der Waals surface area contributed by atoms with Gasteiger partial charge in [0.05, 0.1) is 0 Å². The summed E-state index contributed by atoms with van der Waals surface area (Å²) in [6.07, 6.45) is 1.19. The molecule has 0 heterocycles. The maximum atomic E-state index is 5.90. The lowest BCUT2D eigenvalue weighted by molar-refractivity contribution is 0.410. The minimum atomic E-state index is 0.860. The fraction of sp³-hybridized carbons (Fsp3) is 0.455. The zero-order valence-electron chi connectivity index (χ0n) is 9.16. The van der Waals surface area contributed by atoms with Gasteiger partial charge in [-0.1, -0.05) is 15.9 Å². The predicted molar refractivity (Wildman–Crippen MR) is 72.4 cm³/mol. The Kier molecular flexibility index (Phi) is 5.50. The minimum Gasteiger partial charge on any atom is -0.398 e. The van der Waals surface area contributed by atoms with E-state index in [9.17, 15) is 0 Å². The molecule has 1 aromatic rings. The standard InChI is InChI=1S/C11H17BrN2S/c1-14(2)6-3-7-15-11-5-4-9(12)8-10(11)13/h4-5,8H,3,6-7,13H2,1-2H3. The van der Waals surface area contributed by atoms with E-state index in [1.807, 2.05) is 23.9 Å². The van der Waals surface area contributed by atoms with Crippen LogP contribution in [0.4, 0.5) is 5.69 Å². The highest BCUT2D eigenvalue weighted by Gasteiger charge is 2.00. The van der Waals surface area contributed by atoms with Crippen molar-refractivity contribution in [3.05, 3.63) is 22.7 Å². The quantitative estimate of drug-likeness (QED) is 0.513. The maximum absolute atomic E-state index is 5.90. The zero-order chi connectivity index (χ0) is 11.3. The van der Waals surface area contributed by atoms with Crippen molar-refractivity contribution < 1.29 is 0 Å². The molecule has 15 heavy (non-hydrogen) atoms. The molecular formula is C11H17BrN2S. The average molecular weight is 289 g/mol. The highest BCUT2D eigenvalue weighted by molar-refractivity contribution is 9.10. The summed E-state index contributed by atoms with van der Waals surface area (Å²) in [6, 6.07) is 6.05. The first-order valence-electron chi connectivity index (χ1n) is 4.92. The molecule has 0 atom stereocenters. The van der Waals surface area contributed by atoms with Gasteiger partial charge in [0.15, 0.2) is 0 Å². The van der Waals surface area contributed by atoms with Crippen molar-refractivity contribution in [1.82, 2.24) is 4.90 Å². The third-order valence-corrected chi connectivity index (χ3v) is 3.65. The monoisotopic (exact) mass is 288 g/mol. The number of rotatable bonds is 5. The molecule has 84 valence electrons. The van der Waals surface area contributed by atoms with Gasteiger partial charge in [-0.05, 0) is 51.0 Å². The maximum Gasteiger partial charge on any atom is 0.0463 e. The van der Waals surface area contributed by atoms with Crippen LogP contribution in [0.5, 0.6) is 0 Å². The number of hydrogen-bond acceptors (Lipinski definition) is 3. The van der Waals surface area contributed by atoms with E-state index in [-0.39, 0.29) is 0 Å². The molecule has 0 bridgehead atoms. The molecule has 0 aromatic heterocycles. The second-order valence-corrected chi connectivity index (χ2v) is 5.74. The smallest absolute Gasteiger partial charge is 0.0463 e. The Balaban J connectivity index is 2.37. The first-order valence-corrected chi connectivity index (χ1v) is 6.70. The summed E-state index contributed by atoms with van der Waals surface area (Å²) in [5.74, 6) is 1.12. The van der Waals surface area contributed by atoms with Crippen molar-refractivity contribution in [1.29, 1.82) is 0 Å². The number of anilines is 1. The van der Waals surface area contributed by atoms with Crippen molar-refractivity contribution in [2.45, 2.75) is 11.3 Å². The van der Waals surface area contributed by atoms with Crippen LogP contribution in [0.2, 0.25) is 0 Å². The van der Waals surface area contributed by atoms with Crippen LogP contribution in [-0.2, 0) is 0 Å². The van der Waals surface area contributed by atoms with E-state index in [1.165, 1.54) is 11.3 Å². The van der Waals surface area contributed by atoms with Crippen LogP contribution in [0.25, 0.3) is 0 Å². The van der Waals surface area contributed by atoms with Crippen molar-refractivity contribution in [2.75, 3.05) is 32.1 Å². The lowest BCUT2D eigenvalue weighted by Gasteiger charge is -2.09. The van der Waals surface area contributed by atoms with E-state index in [0.717, 1.165) is 22.5 Å². The van der Waals surface area contributed by atoms with E-state index in [2.05, 4.69) is 41.0 Å². The topological polar surface area (TPSA) is 29.3 Å². The molecule has 0 saturated heterocycles. The van der Waals surface area contributed by atoms with Gasteiger partial charge in [0.25, 0.3) is 0 Å². The normalized spacial score (nSPS) is 10.9. The number of thioether (sulfide) groups is 1. The zero-order valence-corrected chi connectivity index (χ0v) is 11.6. The Morgan fingerprint density at radius 3 is 2.73 bits per heavy atom. The Bertz CT molecular complexity index is 315. The van der Waals surface area contributed by atoms with E-state index in [4.69, 9.17) is 5.73 Å². The van der Waals surface area contributed by atoms with Crippen molar-refractivity contribution in [3.8, 4) is 0 Å². The summed E-state index contributed by atoms with van der Waals surface area (Å²) in [6.45, 7) is 1.13. The molecule has 0 unspecified atom stereocenters. The summed E-state index contributed by atoms with van der Waals surface area (Å²) in [4.78, 5) is 3.38. The van der Waals surface area contributed by atoms with Gasteiger partial charge < -0.3 is 10.6 Å². The fourth-order valence-electron chi connectivity index (χ4n) is 1.21. The number of benzene rings is 1. The van der Waals surface area contributed by atoms with Gasteiger partial charge in [-0.2, -0.15) is 0 Å². The highest BCUT2D eigenvalue weighted by Crippen LogP contribution is 2.28. The first kappa shape index (κ1) is 12.9. The second-order valence-electron chi connectivity index (χ2n) is 3.69. The van der Waals surface area contributed by atoms with Gasteiger partial charge >= 0.3 is 0 Å². The van der Waals surface area contributed by atoms with Crippen LogP contribution in [0, 0.1) is 0 Å². The summed E-state index contributed by atoms with van der Waals surface area (Å²) in [5.41, 5.74) is 6.76. The van der Waals surface area contributed by atoms with Crippen molar-refractivity contribution in [3.63, 3.8) is 0 Å². The van der Waals surface area contributed by atoms with E-state index >= 15 is 0 Å². The van der Waals surface area contributed by atoms with Crippen LogP contribution >= 0.6 is 27.7 Å². The number of nitrogens with two attached hydrogens (primary N) is 1. The SMILES string of the molecule is CN(C)CCCSc1ccc(Br)cc1N. The summed E-state index contributed by atoms with van der Waals surface area (Å²) in [7, 11) is 4.19. The van der Waals surface area contributed by atoms with Gasteiger partial charge in [-0.15, -0.1) is 11.8 Å². The Morgan fingerprint density at radius 2 is 2.13 bits per heavy atom. The van der Waals surface area contributed by atoms with Crippen LogP contribution in [0.15, 0.2) is 27.6 Å². The molecule has 4 heteroatoms. The molecule has 0 aliphatic rings. The molecule has 0 amide bonds.